The lowest BCUT2D eigenvalue weighted by molar-refractivity contribution is -0.132. The average molecular weight is 368 g/mol. The highest BCUT2D eigenvalue weighted by molar-refractivity contribution is 5.79. The van der Waals surface area contributed by atoms with Crippen molar-refractivity contribution in [2.24, 2.45) is 0 Å². The Morgan fingerprint density at radius 3 is 2.63 bits per heavy atom. The molecule has 1 saturated heterocycles. The van der Waals surface area contributed by atoms with Gasteiger partial charge >= 0.3 is 0 Å². The van der Waals surface area contributed by atoms with Gasteiger partial charge in [-0.05, 0) is 61.9 Å². The van der Waals surface area contributed by atoms with E-state index < -0.39 is 0 Å². The molecule has 0 N–H and O–H groups in total. The van der Waals surface area contributed by atoms with Gasteiger partial charge in [0.25, 0.3) is 0 Å². The molecule has 0 bridgehead atoms. The summed E-state index contributed by atoms with van der Waals surface area (Å²) >= 11 is 0. The van der Waals surface area contributed by atoms with Gasteiger partial charge in [-0.2, -0.15) is 5.10 Å². The fraction of sp³-hybridized carbons (Fsp3) is 0.476. The summed E-state index contributed by atoms with van der Waals surface area (Å²) in [6.07, 6.45) is 2.40. The molecule has 4 rings (SSSR count). The van der Waals surface area contributed by atoms with Gasteiger partial charge in [0.05, 0.1) is 12.1 Å². The molecule has 2 fully saturated rings. The molecule has 1 aromatic heterocycles. The van der Waals surface area contributed by atoms with E-state index in [0.717, 1.165) is 29.9 Å². The highest BCUT2D eigenvalue weighted by Gasteiger charge is 2.29. The summed E-state index contributed by atoms with van der Waals surface area (Å²) in [6.45, 7) is 5.95. The molecule has 27 heavy (non-hydrogen) atoms. The number of aromatic nitrogens is 2. The summed E-state index contributed by atoms with van der Waals surface area (Å²) < 4.78 is 14.4. The van der Waals surface area contributed by atoms with E-state index in [-0.39, 0.29) is 24.2 Å². The van der Waals surface area contributed by atoms with Gasteiger partial charge in [-0.1, -0.05) is 12.1 Å². The molecule has 5 nitrogen and oxygen atoms in total. The monoisotopic (exact) mass is 368 g/mol. The summed E-state index contributed by atoms with van der Waals surface area (Å²) in [4.78, 5) is 16.8. The molecule has 2 aliphatic rings. The Labute approximate surface area is 159 Å². The molecule has 2 heterocycles. The normalized spacial score (nSPS) is 20.0. The van der Waals surface area contributed by atoms with Crippen LogP contribution in [0.4, 0.5) is 10.2 Å². The second-order valence-electron chi connectivity index (χ2n) is 7.72. The molecular weight excluding hydrogens is 343 g/mol. The van der Waals surface area contributed by atoms with Crippen LogP contribution >= 0.6 is 0 Å². The van der Waals surface area contributed by atoms with Crippen LogP contribution in [0.1, 0.15) is 42.5 Å². The predicted octanol–water partition coefficient (Wildman–Crippen LogP) is 3.08. The highest BCUT2D eigenvalue weighted by atomic mass is 19.1. The Morgan fingerprint density at radius 1 is 1.19 bits per heavy atom. The maximum atomic E-state index is 14.4. The average Bonchev–Trinajstić information content (AvgIpc) is 3.49. The van der Waals surface area contributed by atoms with Crippen molar-refractivity contribution in [3.8, 4) is 0 Å². The summed E-state index contributed by atoms with van der Waals surface area (Å²) in [5.74, 6) is 1.08. The Hall–Kier alpha value is -2.50. The molecule has 2 aromatic rings. The minimum absolute atomic E-state index is 0.0183. The lowest BCUT2D eigenvalue weighted by Gasteiger charge is -2.40. The molecule has 1 amide bonds. The number of anilines is 1. The van der Waals surface area contributed by atoms with E-state index in [1.165, 1.54) is 0 Å². The van der Waals surface area contributed by atoms with E-state index in [0.29, 0.717) is 31.1 Å². The molecule has 0 unspecified atom stereocenters. The zero-order valence-electron chi connectivity index (χ0n) is 15.9. The molecule has 142 valence electrons. The molecule has 6 heteroatoms. The number of nitrogens with zero attached hydrogens (tertiary/aromatic N) is 4. The lowest BCUT2D eigenvalue weighted by atomic mass is 10.0. The lowest BCUT2D eigenvalue weighted by Crippen LogP contribution is -2.54. The maximum absolute atomic E-state index is 14.4. The van der Waals surface area contributed by atoms with Gasteiger partial charge in [-0.15, -0.1) is 5.10 Å². The quantitative estimate of drug-likeness (QED) is 0.832. The van der Waals surface area contributed by atoms with Crippen LogP contribution in [0, 0.1) is 12.7 Å². The van der Waals surface area contributed by atoms with E-state index >= 15 is 0 Å². The van der Waals surface area contributed by atoms with Gasteiger partial charge in [-0.3, -0.25) is 4.79 Å². The number of benzene rings is 1. The number of carbonyl (C=O) groups excluding carboxylic acids is 1. The van der Waals surface area contributed by atoms with Crippen molar-refractivity contribution in [3.05, 3.63) is 53.0 Å². The molecular formula is C21H25FN4O. The second-order valence-corrected chi connectivity index (χ2v) is 7.72. The van der Waals surface area contributed by atoms with Gasteiger partial charge in [0.1, 0.15) is 5.82 Å². The number of hydrogen-bond acceptors (Lipinski definition) is 4. The zero-order chi connectivity index (χ0) is 19.0. The number of hydrogen-bond donors (Lipinski definition) is 0. The van der Waals surface area contributed by atoms with Crippen molar-refractivity contribution in [2.75, 3.05) is 24.5 Å². The summed E-state index contributed by atoms with van der Waals surface area (Å²) in [5.41, 5.74) is 2.43. The first-order chi connectivity index (χ1) is 13.0. The molecule has 0 spiro atoms. The second kappa shape index (κ2) is 7.25. The number of carbonyl (C=O) groups is 1. The third kappa shape index (κ3) is 3.94. The molecule has 1 atom stereocenters. The van der Waals surface area contributed by atoms with Gasteiger partial charge in [0, 0.05) is 25.7 Å². The van der Waals surface area contributed by atoms with Crippen LogP contribution in [0.3, 0.4) is 0 Å². The van der Waals surface area contributed by atoms with Crippen LogP contribution in [0.5, 0.6) is 0 Å². The van der Waals surface area contributed by atoms with Crippen LogP contribution in [0.2, 0.25) is 0 Å². The van der Waals surface area contributed by atoms with E-state index in [4.69, 9.17) is 0 Å². The van der Waals surface area contributed by atoms with Gasteiger partial charge < -0.3 is 9.80 Å². The topological polar surface area (TPSA) is 49.3 Å². The molecule has 1 saturated carbocycles. The maximum Gasteiger partial charge on any atom is 0.227 e. The van der Waals surface area contributed by atoms with Gasteiger partial charge in [0.15, 0.2) is 5.82 Å². The summed E-state index contributed by atoms with van der Waals surface area (Å²) in [7, 11) is 0. The van der Waals surface area contributed by atoms with Crippen molar-refractivity contribution in [1.82, 2.24) is 15.1 Å². The number of piperazine rings is 1. The van der Waals surface area contributed by atoms with Crippen LogP contribution in [-0.2, 0) is 11.2 Å². The number of rotatable bonds is 4. The minimum Gasteiger partial charge on any atom is -0.351 e. The van der Waals surface area contributed by atoms with Gasteiger partial charge in [0.2, 0.25) is 5.91 Å². The minimum atomic E-state index is -0.256. The first kappa shape index (κ1) is 17.9. The Bertz CT molecular complexity index is 835. The standard InChI is InChI=1S/C21H25FN4O/c1-14-3-8-20(24-23-14)25-9-10-26(15(2)13-25)21(27)12-18-7-6-17(11-19(18)22)16-4-5-16/h3,6-8,11,15-16H,4-5,9-10,12-13H2,1-2H3/t15-/m1/s1. The SMILES string of the molecule is Cc1ccc(N2CCN(C(=O)Cc3ccc(C4CC4)cc3F)[C@H](C)C2)nn1. The zero-order valence-corrected chi connectivity index (χ0v) is 15.9. The molecule has 0 radical (unpaired) electrons. The number of aryl methyl sites for hydroxylation is 1. The Morgan fingerprint density at radius 2 is 2.00 bits per heavy atom. The van der Waals surface area contributed by atoms with Gasteiger partial charge in [-0.25, -0.2) is 4.39 Å². The fourth-order valence-electron chi connectivity index (χ4n) is 3.74. The van der Waals surface area contributed by atoms with E-state index in [9.17, 15) is 9.18 Å². The largest absolute Gasteiger partial charge is 0.351 e. The van der Waals surface area contributed by atoms with E-state index in [1.54, 1.807) is 12.1 Å². The van der Waals surface area contributed by atoms with Crippen LogP contribution in [0.15, 0.2) is 30.3 Å². The van der Waals surface area contributed by atoms with Crippen molar-refractivity contribution >= 4 is 11.7 Å². The molecule has 1 aliphatic heterocycles. The Kier molecular flexibility index (Phi) is 4.81. The van der Waals surface area contributed by atoms with Crippen LogP contribution in [-0.4, -0.2) is 46.7 Å². The van der Waals surface area contributed by atoms with Crippen molar-refractivity contribution in [1.29, 1.82) is 0 Å². The van der Waals surface area contributed by atoms with E-state index in [2.05, 4.69) is 15.1 Å². The highest BCUT2D eigenvalue weighted by Crippen LogP contribution is 2.40. The number of halogens is 1. The van der Waals surface area contributed by atoms with Crippen molar-refractivity contribution in [2.45, 2.75) is 45.1 Å². The molecule has 1 aromatic carbocycles. The van der Waals surface area contributed by atoms with Crippen LogP contribution in [0.25, 0.3) is 0 Å². The Balaban J connectivity index is 1.39. The van der Waals surface area contributed by atoms with Crippen molar-refractivity contribution < 1.29 is 9.18 Å². The first-order valence-corrected chi connectivity index (χ1v) is 9.64. The molecule has 1 aliphatic carbocycles. The third-order valence-electron chi connectivity index (χ3n) is 5.52. The first-order valence-electron chi connectivity index (χ1n) is 9.64. The van der Waals surface area contributed by atoms with Crippen molar-refractivity contribution in [3.63, 3.8) is 0 Å². The predicted molar refractivity (Wildman–Crippen MR) is 102 cm³/mol. The summed E-state index contributed by atoms with van der Waals surface area (Å²) in [6, 6.07) is 9.31. The summed E-state index contributed by atoms with van der Waals surface area (Å²) in [5, 5.41) is 8.34. The van der Waals surface area contributed by atoms with E-state index in [1.807, 2.05) is 36.9 Å². The fourth-order valence-corrected chi connectivity index (χ4v) is 3.74. The smallest absolute Gasteiger partial charge is 0.227 e. The third-order valence-corrected chi connectivity index (χ3v) is 5.52. The van der Waals surface area contributed by atoms with Crippen LogP contribution < -0.4 is 4.90 Å². The number of amides is 1.